The normalized spacial score (nSPS) is 15.6. The number of aromatic nitrogens is 1. The number of methoxy groups -OCH3 is 1. The van der Waals surface area contributed by atoms with E-state index in [0.29, 0.717) is 38.4 Å². The number of nitrogens with zero attached hydrogens (tertiary/aromatic N) is 2. The lowest BCUT2D eigenvalue weighted by Crippen LogP contribution is -2.46. The van der Waals surface area contributed by atoms with Gasteiger partial charge in [0.2, 0.25) is 11.8 Å². The van der Waals surface area contributed by atoms with E-state index in [0.717, 1.165) is 5.56 Å². The molecule has 3 amide bonds. The molecule has 0 aromatic carbocycles. The minimum atomic E-state index is -0.279. The summed E-state index contributed by atoms with van der Waals surface area (Å²) < 4.78 is 5.03. The van der Waals surface area contributed by atoms with Gasteiger partial charge in [0.15, 0.2) is 0 Å². The Morgan fingerprint density at radius 1 is 1.48 bits per heavy atom. The number of primary amides is 1. The molecule has 3 N–H and O–H groups in total. The first-order valence-corrected chi connectivity index (χ1v) is 6.91. The molecule has 0 aliphatic carbocycles. The predicted molar refractivity (Wildman–Crippen MR) is 76.5 cm³/mol. The Bertz CT molecular complexity index is 513. The first-order valence-electron chi connectivity index (χ1n) is 6.91. The van der Waals surface area contributed by atoms with Crippen LogP contribution in [-0.2, 0) is 11.3 Å². The summed E-state index contributed by atoms with van der Waals surface area (Å²) in [6.45, 7) is 1.52. The van der Waals surface area contributed by atoms with Crippen molar-refractivity contribution >= 4 is 11.9 Å². The van der Waals surface area contributed by atoms with Crippen molar-refractivity contribution in [3.8, 4) is 5.88 Å². The molecule has 1 aromatic rings. The van der Waals surface area contributed by atoms with Crippen molar-refractivity contribution in [3.05, 3.63) is 23.9 Å². The third kappa shape index (κ3) is 4.08. The Morgan fingerprint density at radius 3 is 2.81 bits per heavy atom. The van der Waals surface area contributed by atoms with Crippen LogP contribution in [0.5, 0.6) is 5.88 Å². The average molecular weight is 292 g/mol. The Hall–Kier alpha value is -2.31. The van der Waals surface area contributed by atoms with E-state index in [1.165, 1.54) is 0 Å². The van der Waals surface area contributed by atoms with Gasteiger partial charge in [-0.15, -0.1) is 0 Å². The van der Waals surface area contributed by atoms with Crippen molar-refractivity contribution in [1.82, 2.24) is 15.2 Å². The molecule has 0 spiro atoms. The molecule has 0 radical (unpaired) electrons. The summed E-state index contributed by atoms with van der Waals surface area (Å²) in [6.07, 6.45) is 2.90. The van der Waals surface area contributed by atoms with E-state index in [1.807, 2.05) is 6.07 Å². The molecule has 1 fully saturated rings. The fraction of sp³-hybridized carbons (Fsp3) is 0.500. The van der Waals surface area contributed by atoms with Gasteiger partial charge in [0.05, 0.1) is 7.11 Å². The van der Waals surface area contributed by atoms with Gasteiger partial charge in [-0.2, -0.15) is 0 Å². The van der Waals surface area contributed by atoms with Crippen LogP contribution < -0.4 is 15.8 Å². The largest absolute Gasteiger partial charge is 0.481 e. The second-order valence-electron chi connectivity index (χ2n) is 5.03. The van der Waals surface area contributed by atoms with Gasteiger partial charge < -0.3 is 20.7 Å². The van der Waals surface area contributed by atoms with Crippen molar-refractivity contribution in [2.75, 3.05) is 20.2 Å². The number of nitrogens with two attached hydrogens (primary N) is 1. The number of amides is 3. The molecule has 0 saturated carbocycles. The number of hydrogen-bond donors (Lipinski definition) is 2. The van der Waals surface area contributed by atoms with Gasteiger partial charge in [-0.05, 0) is 24.5 Å². The van der Waals surface area contributed by atoms with Gasteiger partial charge in [0.1, 0.15) is 0 Å². The first kappa shape index (κ1) is 15.1. The number of urea groups is 1. The fourth-order valence-electron chi connectivity index (χ4n) is 2.33. The molecule has 114 valence electrons. The Balaban J connectivity index is 1.81. The molecule has 1 aromatic heterocycles. The summed E-state index contributed by atoms with van der Waals surface area (Å²) >= 11 is 0. The number of carbonyl (C=O) groups is 2. The molecule has 1 saturated heterocycles. The number of hydrogen-bond acceptors (Lipinski definition) is 4. The fourth-order valence-corrected chi connectivity index (χ4v) is 2.33. The predicted octanol–water partition coefficient (Wildman–Crippen LogP) is 0.497. The summed E-state index contributed by atoms with van der Waals surface area (Å²) in [4.78, 5) is 28.9. The third-order valence-corrected chi connectivity index (χ3v) is 3.64. The van der Waals surface area contributed by atoms with E-state index < -0.39 is 0 Å². The highest BCUT2D eigenvalue weighted by atomic mass is 16.5. The quantitative estimate of drug-likeness (QED) is 0.844. The van der Waals surface area contributed by atoms with Crippen LogP contribution in [0.1, 0.15) is 18.4 Å². The third-order valence-electron chi connectivity index (χ3n) is 3.64. The van der Waals surface area contributed by atoms with E-state index in [9.17, 15) is 9.59 Å². The highest BCUT2D eigenvalue weighted by Crippen LogP contribution is 2.16. The standard InChI is InChI=1S/C14H20N4O3/c1-21-12-8-10(2-5-16-12)9-17-14(20)18-6-3-11(4-7-18)13(15)19/h2,5,8,11H,3-4,6-7,9H2,1H3,(H2,15,19)(H,17,20). The Morgan fingerprint density at radius 2 is 2.19 bits per heavy atom. The number of piperidine rings is 1. The lowest BCUT2D eigenvalue weighted by Gasteiger charge is -2.30. The minimum absolute atomic E-state index is 0.112. The maximum Gasteiger partial charge on any atom is 0.317 e. The van der Waals surface area contributed by atoms with Crippen LogP contribution in [0.2, 0.25) is 0 Å². The van der Waals surface area contributed by atoms with E-state index in [2.05, 4.69) is 10.3 Å². The molecule has 0 atom stereocenters. The van der Waals surface area contributed by atoms with Crippen molar-refractivity contribution in [2.24, 2.45) is 11.7 Å². The molecule has 7 nitrogen and oxygen atoms in total. The van der Waals surface area contributed by atoms with E-state index in [-0.39, 0.29) is 17.9 Å². The van der Waals surface area contributed by atoms with Gasteiger partial charge in [0, 0.05) is 37.8 Å². The minimum Gasteiger partial charge on any atom is -0.481 e. The van der Waals surface area contributed by atoms with Crippen LogP contribution in [0.4, 0.5) is 4.79 Å². The van der Waals surface area contributed by atoms with Gasteiger partial charge in [0.25, 0.3) is 0 Å². The molecule has 7 heteroatoms. The van der Waals surface area contributed by atoms with E-state index >= 15 is 0 Å². The van der Waals surface area contributed by atoms with Crippen LogP contribution in [0.25, 0.3) is 0 Å². The van der Waals surface area contributed by atoms with Crippen LogP contribution in [0, 0.1) is 5.92 Å². The summed E-state index contributed by atoms with van der Waals surface area (Å²) in [7, 11) is 1.55. The molecule has 2 rings (SSSR count). The van der Waals surface area contributed by atoms with Crippen molar-refractivity contribution in [3.63, 3.8) is 0 Å². The van der Waals surface area contributed by atoms with Crippen molar-refractivity contribution in [2.45, 2.75) is 19.4 Å². The van der Waals surface area contributed by atoms with Crippen LogP contribution in [0.15, 0.2) is 18.3 Å². The second kappa shape index (κ2) is 6.92. The van der Waals surface area contributed by atoms with Gasteiger partial charge in [-0.25, -0.2) is 9.78 Å². The number of likely N-dealkylation sites (tertiary alicyclic amines) is 1. The summed E-state index contributed by atoms with van der Waals surface area (Å²) in [5, 5.41) is 2.85. The van der Waals surface area contributed by atoms with Crippen molar-refractivity contribution < 1.29 is 14.3 Å². The maximum absolute atomic E-state index is 12.1. The molecule has 1 aliphatic rings. The first-order chi connectivity index (χ1) is 10.1. The highest BCUT2D eigenvalue weighted by Gasteiger charge is 2.25. The van der Waals surface area contributed by atoms with Crippen LogP contribution in [0.3, 0.4) is 0 Å². The average Bonchev–Trinajstić information content (AvgIpc) is 2.53. The lowest BCUT2D eigenvalue weighted by atomic mass is 9.96. The number of pyridine rings is 1. The summed E-state index contributed by atoms with van der Waals surface area (Å²) in [5.41, 5.74) is 6.19. The number of carbonyl (C=O) groups excluding carboxylic acids is 2. The molecule has 2 heterocycles. The lowest BCUT2D eigenvalue weighted by molar-refractivity contribution is -0.123. The molecular formula is C14H20N4O3. The molecular weight excluding hydrogens is 272 g/mol. The molecule has 0 unspecified atom stereocenters. The van der Waals surface area contributed by atoms with E-state index in [4.69, 9.17) is 10.5 Å². The molecule has 1 aliphatic heterocycles. The van der Waals surface area contributed by atoms with Gasteiger partial charge >= 0.3 is 6.03 Å². The zero-order valence-electron chi connectivity index (χ0n) is 12.0. The Kier molecular flexibility index (Phi) is 4.97. The topological polar surface area (TPSA) is 97.5 Å². The summed E-state index contributed by atoms with van der Waals surface area (Å²) in [6, 6.07) is 3.47. The van der Waals surface area contributed by atoms with Crippen LogP contribution in [-0.4, -0.2) is 42.0 Å². The SMILES string of the molecule is COc1cc(CNC(=O)N2CCC(C(N)=O)CC2)ccn1. The molecule has 0 bridgehead atoms. The smallest absolute Gasteiger partial charge is 0.317 e. The second-order valence-corrected chi connectivity index (χ2v) is 5.03. The summed E-state index contributed by atoms with van der Waals surface area (Å²) in [5.74, 6) is 0.126. The number of ether oxygens (including phenoxy) is 1. The van der Waals surface area contributed by atoms with Crippen molar-refractivity contribution in [1.29, 1.82) is 0 Å². The van der Waals surface area contributed by atoms with Gasteiger partial charge in [-0.3, -0.25) is 4.79 Å². The highest BCUT2D eigenvalue weighted by molar-refractivity contribution is 5.78. The monoisotopic (exact) mass is 292 g/mol. The number of rotatable bonds is 4. The molecule has 21 heavy (non-hydrogen) atoms. The van der Waals surface area contributed by atoms with Crippen LogP contribution >= 0.6 is 0 Å². The number of nitrogens with one attached hydrogen (secondary N) is 1. The zero-order chi connectivity index (χ0) is 15.2. The van der Waals surface area contributed by atoms with E-state index in [1.54, 1.807) is 24.3 Å². The van der Waals surface area contributed by atoms with Gasteiger partial charge in [-0.1, -0.05) is 0 Å². The Labute approximate surface area is 123 Å². The maximum atomic E-state index is 12.1. The zero-order valence-corrected chi connectivity index (χ0v) is 12.0.